The third-order valence-electron chi connectivity index (χ3n) is 4.28. The van der Waals surface area contributed by atoms with Crippen molar-refractivity contribution in [3.8, 4) is 0 Å². The zero-order chi connectivity index (χ0) is 17.9. The Labute approximate surface area is 157 Å². The van der Waals surface area contributed by atoms with Crippen molar-refractivity contribution < 1.29 is 4.42 Å². The fourth-order valence-corrected chi connectivity index (χ4v) is 3.40. The van der Waals surface area contributed by atoms with Crippen LogP contribution in [0.15, 0.2) is 59.0 Å². The van der Waals surface area contributed by atoms with Crippen LogP contribution in [0.5, 0.6) is 0 Å². The number of hydrogen-bond acceptors (Lipinski definition) is 5. The minimum absolute atomic E-state index is 0.806. The van der Waals surface area contributed by atoms with Gasteiger partial charge in [0.1, 0.15) is 11.6 Å². The van der Waals surface area contributed by atoms with Crippen LogP contribution in [0.1, 0.15) is 5.76 Å². The van der Waals surface area contributed by atoms with Crippen LogP contribution in [0, 0.1) is 6.92 Å². The summed E-state index contributed by atoms with van der Waals surface area (Å²) in [4.78, 5) is 4.78. The molecule has 0 fully saturated rings. The molecule has 0 bridgehead atoms. The van der Waals surface area contributed by atoms with Crippen LogP contribution in [0.4, 0.5) is 17.2 Å². The Bertz CT molecular complexity index is 1060. The highest BCUT2D eigenvalue weighted by Crippen LogP contribution is 2.30. The molecule has 0 saturated heterocycles. The molecule has 0 spiro atoms. The molecule has 0 unspecified atom stereocenters. The highest BCUT2D eigenvalue weighted by Gasteiger charge is 2.08. The fourth-order valence-electron chi connectivity index (χ4n) is 3.09. The zero-order valence-corrected chi connectivity index (χ0v) is 15.7. The second kappa shape index (κ2) is 7.30. The summed E-state index contributed by atoms with van der Waals surface area (Å²) in [5, 5.41) is 9.11. The highest BCUT2D eigenvalue weighted by atomic mass is 32.2. The number of nitrogens with one attached hydrogen (secondary N) is 2. The summed E-state index contributed by atoms with van der Waals surface area (Å²) < 4.78 is 5.83. The molecule has 0 atom stereocenters. The number of thioether (sulfide) groups is 1. The third kappa shape index (κ3) is 3.35. The van der Waals surface area contributed by atoms with Crippen molar-refractivity contribution in [3.05, 3.63) is 60.4 Å². The monoisotopic (exact) mass is 363 g/mol. The summed E-state index contributed by atoms with van der Waals surface area (Å²) in [7, 11) is 0. The maximum absolute atomic E-state index is 5.83. The molecule has 26 heavy (non-hydrogen) atoms. The smallest absolute Gasteiger partial charge is 0.157 e. The Morgan fingerprint density at radius 2 is 1.88 bits per heavy atom. The molecular weight excluding hydrogens is 342 g/mol. The van der Waals surface area contributed by atoms with E-state index in [0.29, 0.717) is 0 Å². The lowest BCUT2D eigenvalue weighted by atomic mass is 10.1. The van der Waals surface area contributed by atoms with Gasteiger partial charge in [0, 0.05) is 28.8 Å². The van der Waals surface area contributed by atoms with Crippen molar-refractivity contribution in [2.75, 3.05) is 29.2 Å². The largest absolute Gasteiger partial charge is 0.459 e. The van der Waals surface area contributed by atoms with Gasteiger partial charge in [-0.1, -0.05) is 18.2 Å². The normalized spacial score (nSPS) is 11.2. The molecule has 0 radical (unpaired) electrons. The van der Waals surface area contributed by atoms with Crippen molar-refractivity contribution in [2.24, 2.45) is 0 Å². The van der Waals surface area contributed by atoms with Gasteiger partial charge in [0.25, 0.3) is 0 Å². The van der Waals surface area contributed by atoms with E-state index in [2.05, 4.69) is 35.1 Å². The predicted molar refractivity (Wildman–Crippen MR) is 113 cm³/mol. The maximum Gasteiger partial charge on any atom is 0.157 e. The van der Waals surface area contributed by atoms with Gasteiger partial charge in [-0.05, 0) is 49.6 Å². The number of aromatic nitrogens is 1. The molecule has 2 heterocycles. The number of fused-ring (bicyclic) bond motifs is 2. The molecule has 2 N–H and O–H groups in total. The number of furan rings is 1. The van der Waals surface area contributed by atoms with E-state index in [1.807, 2.05) is 55.1 Å². The van der Waals surface area contributed by atoms with E-state index in [-0.39, 0.29) is 0 Å². The Kier molecular flexibility index (Phi) is 4.71. The number of anilines is 3. The Balaban J connectivity index is 1.65. The van der Waals surface area contributed by atoms with Crippen LogP contribution in [-0.4, -0.2) is 23.5 Å². The Morgan fingerprint density at radius 3 is 2.77 bits per heavy atom. The van der Waals surface area contributed by atoms with Crippen molar-refractivity contribution in [1.29, 1.82) is 0 Å². The van der Waals surface area contributed by atoms with Gasteiger partial charge < -0.3 is 15.1 Å². The lowest BCUT2D eigenvalue weighted by Gasteiger charge is -2.11. The van der Waals surface area contributed by atoms with E-state index in [1.54, 1.807) is 0 Å². The van der Waals surface area contributed by atoms with Crippen LogP contribution >= 0.6 is 11.8 Å². The minimum Gasteiger partial charge on any atom is -0.459 e. The van der Waals surface area contributed by atoms with Gasteiger partial charge in [0.15, 0.2) is 5.58 Å². The standard InChI is InChI=1S/C21H21N3OS/c1-14-13-15-5-3-8-19(21(15)25-14)24-20-10-9-16-17(22-11-12-26-2)6-4-7-18(16)23-20/h3-10,13,22H,11-12H2,1-2H3,(H,23,24). The zero-order valence-electron chi connectivity index (χ0n) is 14.9. The van der Waals surface area contributed by atoms with Gasteiger partial charge in [-0.25, -0.2) is 4.98 Å². The molecule has 4 nitrogen and oxygen atoms in total. The molecule has 0 saturated carbocycles. The number of nitrogens with zero attached hydrogens (tertiary/aromatic N) is 1. The van der Waals surface area contributed by atoms with E-state index in [0.717, 1.165) is 57.1 Å². The number of benzene rings is 2. The molecule has 0 aliphatic rings. The summed E-state index contributed by atoms with van der Waals surface area (Å²) >= 11 is 1.84. The number of rotatable bonds is 6. The summed E-state index contributed by atoms with van der Waals surface area (Å²) in [5.41, 5.74) is 3.88. The van der Waals surface area contributed by atoms with Gasteiger partial charge in [-0.2, -0.15) is 11.8 Å². The molecule has 0 aliphatic heterocycles. The quantitative estimate of drug-likeness (QED) is 0.424. The predicted octanol–water partition coefficient (Wildman–Crippen LogP) is 5.81. The van der Waals surface area contributed by atoms with Gasteiger partial charge in [-0.3, -0.25) is 0 Å². The van der Waals surface area contributed by atoms with Crippen molar-refractivity contribution >= 4 is 50.8 Å². The Hall–Kier alpha value is -2.66. The first-order chi connectivity index (χ1) is 12.7. The average Bonchev–Trinajstić information content (AvgIpc) is 3.03. The molecule has 0 aliphatic carbocycles. The Morgan fingerprint density at radius 1 is 1.04 bits per heavy atom. The van der Waals surface area contributed by atoms with E-state index in [4.69, 9.17) is 9.40 Å². The first-order valence-corrected chi connectivity index (χ1v) is 10.0. The van der Waals surface area contributed by atoms with Gasteiger partial charge in [-0.15, -0.1) is 0 Å². The minimum atomic E-state index is 0.806. The van der Waals surface area contributed by atoms with Crippen LogP contribution in [-0.2, 0) is 0 Å². The second-order valence-corrected chi connectivity index (χ2v) is 7.18. The number of para-hydroxylation sites is 1. The first-order valence-electron chi connectivity index (χ1n) is 8.63. The maximum atomic E-state index is 5.83. The van der Waals surface area contributed by atoms with Gasteiger partial charge >= 0.3 is 0 Å². The lowest BCUT2D eigenvalue weighted by molar-refractivity contribution is 0.579. The summed E-state index contributed by atoms with van der Waals surface area (Å²) in [5.74, 6) is 2.79. The summed E-state index contributed by atoms with van der Waals surface area (Å²) in [6.45, 7) is 2.91. The van der Waals surface area contributed by atoms with Crippen LogP contribution < -0.4 is 10.6 Å². The lowest BCUT2D eigenvalue weighted by Crippen LogP contribution is -2.04. The summed E-state index contributed by atoms with van der Waals surface area (Å²) in [6.07, 6.45) is 2.12. The summed E-state index contributed by atoms with van der Waals surface area (Å²) in [6, 6.07) is 18.4. The molecule has 2 aromatic carbocycles. The molecule has 2 aromatic heterocycles. The first kappa shape index (κ1) is 16.8. The molecule has 5 heteroatoms. The number of pyridine rings is 1. The van der Waals surface area contributed by atoms with Gasteiger partial charge in [0.05, 0.1) is 11.2 Å². The van der Waals surface area contributed by atoms with Crippen molar-refractivity contribution in [3.63, 3.8) is 0 Å². The second-order valence-electron chi connectivity index (χ2n) is 6.19. The van der Waals surface area contributed by atoms with Crippen molar-refractivity contribution in [1.82, 2.24) is 4.98 Å². The van der Waals surface area contributed by atoms with Crippen LogP contribution in [0.3, 0.4) is 0 Å². The highest BCUT2D eigenvalue weighted by molar-refractivity contribution is 7.98. The van der Waals surface area contributed by atoms with Crippen LogP contribution in [0.25, 0.3) is 21.9 Å². The molecule has 0 amide bonds. The SMILES string of the molecule is CSCCNc1cccc2nc(Nc3cccc4cc(C)oc34)ccc12. The van der Waals surface area contributed by atoms with Crippen molar-refractivity contribution in [2.45, 2.75) is 6.92 Å². The third-order valence-corrected chi connectivity index (χ3v) is 4.90. The number of hydrogen-bond donors (Lipinski definition) is 2. The topological polar surface area (TPSA) is 50.1 Å². The van der Waals surface area contributed by atoms with E-state index >= 15 is 0 Å². The average molecular weight is 363 g/mol. The number of aryl methyl sites for hydroxylation is 1. The van der Waals surface area contributed by atoms with E-state index < -0.39 is 0 Å². The van der Waals surface area contributed by atoms with Gasteiger partial charge in [0.2, 0.25) is 0 Å². The molecular formula is C21H21N3OS. The van der Waals surface area contributed by atoms with Crippen LogP contribution in [0.2, 0.25) is 0 Å². The molecule has 4 aromatic rings. The van der Waals surface area contributed by atoms with E-state index in [9.17, 15) is 0 Å². The molecule has 132 valence electrons. The fraction of sp³-hybridized carbons (Fsp3) is 0.190. The molecule has 4 rings (SSSR count). The van der Waals surface area contributed by atoms with E-state index in [1.165, 1.54) is 0 Å².